The van der Waals surface area contributed by atoms with Crippen LogP contribution in [0.4, 0.5) is 0 Å². The van der Waals surface area contributed by atoms with E-state index in [0.717, 1.165) is 5.56 Å². The minimum absolute atomic E-state index is 0.0474. The first kappa shape index (κ1) is 21.6. The molecule has 0 aliphatic heterocycles. The molecule has 1 atom stereocenters. The van der Waals surface area contributed by atoms with Gasteiger partial charge in [0, 0.05) is 31.8 Å². The highest BCUT2D eigenvalue weighted by Gasteiger charge is 2.15. The Balaban J connectivity index is 2.65. The standard InChI is InChI=1S/C18H24N2O6/c1-24-11-3-4-14-5-7-15(8-6-14)18(22)19-16(12-26-13-25-2)9-10-17(21)20-23/h5-8,16,23H,9-13H2,1-2H3,(H,19,22)(H,20,21)/t16-/m0/s1. The summed E-state index contributed by atoms with van der Waals surface area (Å²) in [5.74, 6) is 4.92. The largest absolute Gasteiger partial charge is 0.372 e. The second-order valence-electron chi connectivity index (χ2n) is 5.33. The van der Waals surface area contributed by atoms with Crippen LogP contribution in [-0.2, 0) is 19.0 Å². The van der Waals surface area contributed by atoms with E-state index in [4.69, 9.17) is 19.4 Å². The first-order chi connectivity index (χ1) is 12.6. The number of hydrogen-bond donors (Lipinski definition) is 3. The zero-order chi connectivity index (χ0) is 19.2. The Morgan fingerprint density at radius 2 is 1.92 bits per heavy atom. The van der Waals surface area contributed by atoms with E-state index < -0.39 is 11.9 Å². The maximum absolute atomic E-state index is 12.4. The van der Waals surface area contributed by atoms with Crippen molar-refractivity contribution in [1.82, 2.24) is 10.8 Å². The maximum Gasteiger partial charge on any atom is 0.251 e. The van der Waals surface area contributed by atoms with Gasteiger partial charge in [-0.1, -0.05) is 11.8 Å². The quantitative estimate of drug-likeness (QED) is 0.185. The van der Waals surface area contributed by atoms with E-state index in [0.29, 0.717) is 18.6 Å². The number of carbonyl (C=O) groups excluding carboxylic acids is 2. The Morgan fingerprint density at radius 1 is 1.19 bits per heavy atom. The van der Waals surface area contributed by atoms with Crippen LogP contribution in [-0.4, -0.2) is 57.3 Å². The molecule has 0 aliphatic rings. The van der Waals surface area contributed by atoms with E-state index in [1.807, 2.05) is 0 Å². The fourth-order valence-corrected chi connectivity index (χ4v) is 2.02. The van der Waals surface area contributed by atoms with Crippen molar-refractivity contribution in [3.8, 4) is 11.8 Å². The summed E-state index contributed by atoms with van der Waals surface area (Å²) in [5.41, 5.74) is 2.80. The van der Waals surface area contributed by atoms with Crippen LogP contribution in [0.2, 0.25) is 0 Å². The first-order valence-electron chi connectivity index (χ1n) is 7.99. The van der Waals surface area contributed by atoms with Crippen molar-refractivity contribution in [2.75, 3.05) is 34.2 Å². The van der Waals surface area contributed by atoms with Crippen LogP contribution in [0.3, 0.4) is 0 Å². The van der Waals surface area contributed by atoms with E-state index >= 15 is 0 Å². The third-order valence-corrected chi connectivity index (χ3v) is 3.30. The van der Waals surface area contributed by atoms with Crippen LogP contribution in [0.1, 0.15) is 28.8 Å². The van der Waals surface area contributed by atoms with Gasteiger partial charge >= 0.3 is 0 Å². The van der Waals surface area contributed by atoms with Crippen molar-refractivity contribution in [2.24, 2.45) is 0 Å². The Morgan fingerprint density at radius 3 is 2.54 bits per heavy atom. The van der Waals surface area contributed by atoms with E-state index in [1.165, 1.54) is 7.11 Å². The molecule has 0 aliphatic carbocycles. The highest BCUT2D eigenvalue weighted by Crippen LogP contribution is 2.06. The molecule has 0 bridgehead atoms. The van der Waals surface area contributed by atoms with Crippen molar-refractivity contribution >= 4 is 11.8 Å². The van der Waals surface area contributed by atoms with Gasteiger partial charge in [0.1, 0.15) is 13.4 Å². The molecule has 1 aromatic carbocycles. The number of methoxy groups -OCH3 is 2. The monoisotopic (exact) mass is 364 g/mol. The molecule has 1 rings (SSSR count). The number of amides is 2. The summed E-state index contributed by atoms with van der Waals surface area (Å²) in [6.45, 7) is 0.596. The van der Waals surface area contributed by atoms with Crippen molar-refractivity contribution in [1.29, 1.82) is 0 Å². The SMILES string of the molecule is COCC#Cc1ccc(C(=O)N[C@@H](CCC(=O)NO)COCOC)cc1. The molecule has 0 fully saturated rings. The second kappa shape index (κ2) is 12.9. The first-order valence-corrected chi connectivity index (χ1v) is 7.99. The van der Waals surface area contributed by atoms with E-state index in [9.17, 15) is 9.59 Å². The molecule has 142 valence electrons. The lowest BCUT2D eigenvalue weighted by Crippen LogP contribution is -2.39. The van der Waals surface area contributed by atoms with Gasteiger partial charge in [-0.25, -0.2) is 5.48 Å². The Hall–Kier alpha value is -2.44. The summed E-state index contributed by atoms with van der Waals surface area (Å²) in [7, 11) is 3.06. The lowest BCUT2D eigenvalue weighted by atomic mass is 10.1. The van der Waals surface area contributed by atoms with Crippen molar-refractivity contribution in [2.45, 2.75) is 18.9 Å². The van der Waals surface area contributed by atoms with Gasteiger partial charge in [0.05, 0.1) is 12.6 Å². The molecule has 26 heavy (non-hydrogen) atoms. The average molecular weight is 364 g/mol. The van der Waals surface area contributed by atoms with Gasteiger partial charge in [-0.3, -0.25) is 14.8 Å². The predicted molar refractivity (Wildman–Crippen MR) is 93.4 cm³/mol. The minimum Gasteiger partial charge on any atom is -0.372 e. The third kappa shape index (κ3) is 8.60. The smallest absolute Gasteiger partial charge is 0.251 e. The lowest BCUT2D eigenvalue weighted by Gasteiger charge is -2.18. The Kier molecular flexibility index (Phi) is 10.7. The van der Waals surface area contributed by atoms with Gasteiger partial charge in [-0.15, -0.1) is 0 Å². The number of hydrogen-bond acceptors (Lipinski definition) is 6. The van der Waals surface area contributed by atoms with Crippen LogP contribution < -0.4 is 10.8 Å². The second-order valence-corrected chi connectivity index (χ2v) is 5.33. The molecule has 0 saturated heterocycles. The van der Waals surface area contributed by atoms with Crippen LogP contribution >= 0.6 is 0 Å². The Bertz CT molecular complexity index is 621. The molecule has 0 radical (unpaired) electrons. The summed E-state index contributed by atoms with van der Waals surface area (Å²) < 4.78 is 14.9. The number of benzene rings is 1. The van der Waals surface area contributed by atoms with Gasteiger partial charge in [-0.05, 0) is 30.7 Å². The predicted octanol–water partition coefficient (Wildman–Crippen LogP) is 0.689. The number of carbonyl (C=O) groups is 2. The molecule has 3 N–H and O–H groups in total. The molecule has 0 saturated carbocycles. The zero-order valence-corrected chi connectivity index (χ0v) is 14.9. The van der Waals surface area contributed by atoms with Crippen LogP contribution in [0.15, 0.2) is 24.3 Å². The summed E-state index contributed by atoms with van der Waals surface area (Å²) in [6.07, 6.45) is 0.355. The lowest BCUT2D eigenvalue weighted by molar-refractivity contribution is -0.129. The fourth-order valence-electron chi connectivity index (χ4n) is 2.02. The molecule has 0 aromatic heterocycles. The number of rotatable bonds is 10. The van der Waals surface area contributed by atoms with Crippen LogP contribution in [0.25, 0.3) is 0 Å². The molecular formula is C18H24N2O6. The molecule has 0 heterocycles. The van der Waals surface area contributed by atoms with Gasteiger partial charge in [0.15, 0.2) is 0 Å². The molecule has 0 unspecified atom stereocenters. The summed E-state index contributed by atoms with van der Waals surface area (Å²) in [4.78, 5) is 23.6. The van der Waals surface area contributed by atoms with Crippen molar-refractivity contribution in [3.05, 3.63) is 35.4 Å². The highest BCUT2D eigenvalue weighted by molar-refractivity contribution is 5.94. The molecule has 8 heteroatoms. The summed E-state index contributed by atoms with van der Waals surface area (Å²) in [6, 6.07) is 6.41. The van der Waals surface area contributed by atoms with Crippen molar-refractivity contribution < 1.29 is 29.0 Å². The van der Waals surface area contributed by atoms with Gasteiger partial charge in [0.2, 0.25) is 5.91 Å². The molecular weight excluding hydrogens is 340 g/mol. The van der Waals surface area contributed by atoms with Gasteiger partial charge in [-0.2, -0.15) is 0 Å². The van der Waals surface area contributed by atoms with E-state index in [1.54, 1.807) is 36.9 Å². The fraction of sp³-hybridized carbons (Fsp3) is 0.444. The topological polar surface area (TPSA) is 106 Å². The molecule has 0 spiro atoms. The molecule has 1 aromatic rings. The van der Waals surface area contributed by atoms with Crippen LogP contribution in [0, 0.1) is 11.8 Å². The number of nitrogens with one attached hydrogen (secondary N) is 2. The molecule has 8 nitrogen and oxygen atoms in total. The number of ether oxygens (including phenoxy) is 3. The summed E-state index contributed by atoms with van der Waals surface area (Å²) in [5, 5.41) is 11.4. The third-order valence-electron chi connectivity index (χ3n) is 3.30. The average Bonchev–Trinajstić information content (AvgIpc) is 2.66. The van der Waals surface area contributed by atoms with E-state index in [2.05, 4.69) is 17.2 Å². The highest BCUT2D eigenvalue weighted by atomic mass is 16.7. The maximum atomic E-state index is 12.4. The summed E-state index contributed by atoms with van der Waals surface area (Å²) >= 11 is 0. The van der Waals surface area contributed by atoms with Crippen molar-refractivity contribution in [3.63, 3.8) is 0 Å². The van der Waals surface area contributed by atoms with E-state index in [-0.39, 0.29) is 25.7 Å². The zero-order valence-electron chi connectivity index (χ0n) is 14.9. The van der Waals surface area contributed by atoms with Gasteiger partial charge in [0.25, 0.3) is 5.91 Å². The molecule has 2 amide bonds. The number of hydroxylamine groups is 1. The normalized spacial score (nSPS) is 11.2. The van der Waals surface area contributed by atoms with Crippen LogP contribution in [0.5, 0.6) is 0 Å². The Labute approximate surface area is 152 Å². The minimum atomic E-state index is -0.532. The van der Waals surface area contributed by atoms with Gasteiger partial charge < -0.3 is 19.5 Å².